The first-order chi connectivity index (χ1) is 22.6. The monoisotopic (exact) mass is 681 g/mol. The zero-order valence-electron chi connectivity index (χ0n) is 26.2. The molecule has 0 spiro atoms. The smallest absolute Gasteiger partial charge is 0.303 e. The first kappa shape index (κ1) is 34.1. The van der Waals surface area contributed by atoms with Crippen LogP contribution in [0.5, 0.6) is 5.75 Å². The van der Waals surface area contributed by atoms with Gasteiger partial charge in [0.25, 0.3) is 5.69 Å². The minimum Gasteiger partial charge on any atom is -0.459 e. The maximum Gasteiger partial charge on any atom is 0.303 e. The van der Waals surface area contributed by atoms with Crippen LogP contribution in [-0.2, 0) is 38.1 Å². The van der Waals surface area contributed by atoms with Crippen molar-refractivity contribution >= 4 is 63.3 Å². The molecule has 5 atom stereocenters. The van der Waals surface area contributed by atoms with Gasteiger partial charge in [-0.25, -0.2) is 0 Å². The molecule has 1 heterocycles. The summed E-state index contributed by atoms with van der Waals surface area (Å²) in [4.78, 5) is 88.9. The number of hydrogen-bond donors (Lipinski definition) is 0. The highest BCUT2D eigenvalue weighted by Crippen LogP contribution is 2.48. The summed E-state index contributed by atoms with van der Waals surface area (Å²) in [5.41, 5.74) is -0.577. The number of nitro benzene ring substituents is 1. The van der Waals surface area contributed by atoms with Gasteiger partial charge >= 0.3 is 17.9 Å². The van der Waals surface area contributed by atoms with Crippen LogP contribution in [0.4, 0.5) is 5.69 Å². The predicted molar refractivity (Wildman–Crippen MR) is 165 cm³/mol. The number of nitrogens with zero attached hydrogens (tertiary/aromatic N) is 1. The first-order valence-electron chi connectivity index (χ1n) is 14.6. The second-order valence-electron chi connectivity index (χ2n) is 11.3. The quantitative estimate of drug-likeness (QED) is 0.110. The van der Waals surface area contributed by atoms with Gasteiger partial charge in [0.05, 0.1) is 21.1 Å². The Labute approximate surface area is 277 Å². The number of Topliss-reactive ketones (excluding diaryl/α,β-unsaturated/α-hetero) is 1. The van der Waals surface area contributed by atoms with E-state index in [2.05, 4.69) is 0 Å². The minimum atomic E-state index is -1.86. The van der Waals surface area contributed by atoms with Crippen LogP contribution < -0.4 is 4.74 Å². The van der Waals surface area contributed by atoms with E-state index in [1.165, 1.54) is 31.2 Å². The number of carbonyl (C=O) groups excluding carboxylic acids is 6. The normalized spacial score (nSPS) is 21.5. The van der Waals surface area contributed by atoms with Gasteiger partial charge in [-0.15, -0.1) is 0 Å². The molecule has 3 aromatic rings. The topological polar surface area (TPSA) is 192 Å². The molecule has 0 bridgehead atoms. The van der Waals surface area contributed by atoms with E-state index in [0.29, 0.717) is 5.56 Å². The highest BCUT2D eigenvalue weighted by atomic mass is 35.5. The molecule has 0 N–H and O–H groups in total. The lowest BCUT2D eigenvalue weighted by molar-refractivity contribution is -0.383. The fourth-order valence-electron chi connectivity index (χ4n) is 5.97. The standard InChI is InChI=1S/C33H28ClNO13/c1-13-9-10-18-20(11-13)28(41)24-25(27(18)40)30(23-19(26(24)34)7-6-8-21(23)35(42)43)48-33-32(46-17(5)39)31(45-16(4)38)29(44-15(3)37)22(47-33)12-14(2)36/h6-11,22,29,31-33H,12H2,1-5H3/t22-,29-,31+,32+,33+/m0/s1. The van der Waals surface area contributed by atoms with Crippen molar-refractivity contribution in [2.45, 2.75) is 71.7 Å². The van der Waals surface area contributed by atoms with Crippen LogP contribution in [0.3, 0.4) is 0 Å². The maximum atomic E-state index is 14.2. The van der Waals surface area contributed by atoms with E-state index >= 15 is 0 Å². The van der Waals surface area contributed by atoms with Gasteiger partial charge in [0.2, 0.25) is 12.4 Å². The molecule has 14 nitrogen and oxygen atoms in total. The number of hydrogen-bond acceptors (Lipinski definition) is 13. The van der Waals surface area contributed by atoms with Crippen LogP contribution in [0, 0.1) is 17.0 Å². The number of ketones is 3. The number of aryl methyl sites for hydroxylation is 1. The molecule has 250 valence electrons. The summed E-state index contributed by atoms with van der Waals surface area (Å²) in [6.07, 6.45) is -8.46. The lowest BCUT2D eigenvalue weighted by Gasteiger charge is -2.44. The van der Waals surface area contributed by atoms with Crippen molar-refractivity contribution in [3.63, 3.8) is 0 Å². The molecular weight excluding hydrogens is 654 g/mol. The largest absolute Gasteiger partial charge is 0.459 e. The molecule has 0 amide bonds. The van der Waals surface area contributed by atoms with Crippen LogP contribution in [0.25, 0.3) is 10.8 Å². The van der Waals surface area contributed by atoms with E-state index in [1.807, 2.05) is 0 Å². The van der Waals surface area contributed by atoms with E-state index in [1.54, 1.807) is 13.0 Å². The Hall–Kier alpha value is -5.21. The Morgan fingerprint density at radius 1 is 0.854 bits per heavy atom. The molecule has 1 fully saturated rings. The molecule has 0 unspecified atom stereocenters. The van der Waals surface area contributed by atoms with E-state index in [9.17, 15) is 38.9 Å². The van der Waals surface area contributed by atoms with Crippen LogP contribution in [0.15, 0.2) is 36.4 Å². The fourth-order valence-corrected chi connectivity index (χ4v) is 6.31. The predicted octanol–water partition coefficient (Wildman–Crippen LogP) is 4.36. The van der Waals surface area contributed by atoms with Gasteiger partial charge in [-0.3, -0.25) is 38.9 Å². The van der Waals surface area contributed by atoms with Crippen molar-refractivity contribution in [3.05, 3.63) is 79.4 Å². The average Bonchev–Trinajstić information content (AvgIpc) is 2.99. The molecule has 15 heteroatoms. The molecule has 0 saturated carbocycles. The number of non-ortho nitro benzene ring substituents is 1. The molecule has 2 aliphatic rings. The second-order valence-corrected chi connectivity index (χ2v) is 11.7. The Morgan fingerprint density at radius 3 is 2.06 bits per heavy atom. The number of esters is 3. The van der Waals surface area contributed by atoms with E-state index in [4.69, 9.17) is 35.3 Å². The number of ether oxygens (including phenoxy) is 5. The van der Waals surface area contributed by atoms with Crippen molar-refractivity contribution in [2.75, 3.05) is 0 Å². The number of nitro groups is 1. The second kappa shape index (κ2) is 13.1. The van der Waals surface area contributed by atoms with Gasteiger partial charge < -0.3 is 23.7 Å². The third-order valence-corrected chi connectivity index (χ3v) is 8.13. The molecular formula is C33H28ClNO13. The molecule has 1 aliphatic carbocycles. The number of benzene rings is 3. The lowest BCUT2D eigenvalue weighted by Crippen LogP contribution is -2.63. The Morgan fingerprint density at radius 2 is 1.46 bits per heavy atom. The van der Waals surface area contributed by atoms with Crippen molar-refractivity contribution in [1.29, 1.82) is 0 Å². The maximum absolute atomic E-state index is 14.2. The van der Waals surface area contributed by atoms with Crippen LogP contribution >= 0.6 is 11.6 Å². The van der Waals surface area contributed by atoms with Gasteiger partial charge in [0.15, 0.2) is 23.8 Å². The fraction of sp³-hybridized carbons (Fsp3) is 0.333. The minimum absolute atomic E-state index is 0.0219. The zero-order valence-corrected chi connectivity index (χ0v) is 26.9. The van der Waals surface area contributed by atoms with Crippen LogP contribution in [-0.4, -0.2) is 70.9 Å². The van der Waals surface area contributed by atoms with Crippen molar-refractivity contribution < 1.29 is 57.4 Å². The first-order valence-corrected chi connectivity index (χ1v) is 14.9. The van der Waals surface area contributed by atoms with Gasteiger partial charge in [-0.05, 0) is 19.9 Å². The van der Waals surface area contributed by atoms with Crippen LogP contribution in [0.1, 0.15) is 71.5 Å². The summed E-state index contributed by atoms with van der Waals surface area (Å²) < 4.78 is 28.7. The van der Waals surface area contributed by atoms with Gasteiger partial charge in [-0.2, -0.15) is 0 Å². The Balaban J connectivity index is 1.80. The summed E-state index contributed by atoms with van der Waals surface area (Å²) in [5.74, 6) is -5.04. The zero-order chi connectivity index (χ0) is 35.2. The molecule has 5 rings (SSSR count). The van der Waals surface area contributed by atoms with E-state index < -0.39 is 94.3 Å². The summed E-state index contributed by atoms with van der Waals surface area (Å²) in [7, 11) is 0. The number of carbonyl (C=O) groups is 6. The highest BCUT2D eigenvalue weighted by Gasteiger charge is 2.54. The van der Waals surface area contributed by atoms with Crippen molar-refractivity contribution in [2.24, 2.45) is 0 Å². The van der Waals surface area contributed by atoms with Crippen molar-refractivity contribution in [1.82, 2.24) is 0 Å². The van der Waals surface area contributed by atoms with Crippen LogP contribution in [0.2, 0.25) is 5.02 Å². The third kappa shape index (κ3) is 6.23. The molecule has 1 saturated heterocycles. The average molecular weight is 682 g/mol. The summed E-state index contributed by atoms with van der Waals surface area (Å²) in [6, 6.07) is 8.40. The highest BCUT2D eigenvalue weighted by molar-refractivity contribution is 6.44. The Kier molecular flexibility index (Phi) is 9.33. The van der Waals surface area contributed by atoms with Crippen molar-refractivity contribution in [3.8, 4) is 5.75 Å². The lowest BCUT2D eigenvalue weighted by atomic mass is 9.81. The number of fused-ring (bicyclic) bond motifs is 3. The van der Waals surface area contributed by atoms with E-state index in [-0.39, 0.29) is 32.5 Å². The van der Waals surface area contributed by atoms with E-state index in [0.717, 1.165) is 26.8 Å². The third-order valence-electron chi connectivity index (χ3n) is 7.74. The van der Waals surface area contributed by atoms with Gasteiger partial charge in [0.1, 0.15) is 23.0 Å². The summed E-state index contributed by atoms with van der Waals surface area (Å²) >= 11 is 6.75. The number of rotatable bonds is 8. The molecule has 0 aromatic heterocycles. The van der Waals surface area contributed by atoms with Gasteiger partial charge in [0, 0.05) is 49.8 Å². The molecule has 3 aromatic carbocycles. The molecule has 48 heavy (non-hydrogen) atoms. The SMILES string of the molecule is CC(=O)C[C@@H]1O[C@H](Oc2c3c(c(Cl)c4cccc([N+](=O)[O-])c24)C(=O)c2cc(C)ccc2C3=O)[C@H](OC(C)=O)[C@H](OC(C)=O)[C@H]1OC(C)=O. The number of halogens is 1. The Bertz CT molecular complexity index is 1940. The molecule has 0 radical (unpaired) electrons. The molecule has 1 aliphatic heterocycles. The summed E-state index contributed by atoms with van der Waals surface area (Å²) in [6.45, 7) is 6.07. The summed E-state index contributed by atoms with van der Waals surface area (Å²) in [5, 5.41) is 11.8. The van der Waals surface area contributed by atoms with Gasteiger partial charge in [-0.1, -0.05) is 41.4 Å².